The Bertz CT molecular complexity index is 1370. The number of carbonyl (C=O) groups excluding carboxylic acids is 2. The van der Waals surface area contributed by atoms with Gasteiger partial charge in [-0.2, -0.15) is 0 Å². The Hall–Kier alpha value is -3.24. The zero-order valence-corrected chi connectivity index (χ0v) is 24.6. The number of para-hydroxylation sites is 1. The minimum absolute atomic E-state index is 0.0480. The minimum atomic E-state index is -4.04. The van der Waals surface area contributed by atoms with Crippen molar-refractivity contribution in [2.45, 2.75) is 45.3 Å². The maximum Gasteiger partial charge on any atom is 0.244 e. The van der Waals surface area contributed by atoms with E-state index in [0.29, 0.717) is 6.42 Å². The number of anilines is 1. The second-order valence-electron chi connectivity index (χ2n) is 9.39. The molecule has 3 aromatic rings. The molecule has 0 aliphatic heterocycles. The van der Waals surface area contributed by atoms with Crippen LogP contribution in [-0.2, 0) is 32.6 Å². The van der Waals surface area contributed by atoms with Crippen LogP contribution < -0.4 is 9.62 Å². The van der Waals surface area contributed by atoms with E-state index in [-0.39, 0.29) is 30.6 Å². The summed E-state index contributed by atoms with van der Waals surface area (Å²) in [7, 11) is -4.04. The summed E-state index contributed by atoms with van der Waals surface area (Å²) in [6, 6.07) is 20.9. The first-order chi connectivity index (χ1) is 18.5. The summed E-state index contributed by atoms with van der Waals surface area (Å²) < 4.78 is 41.7. The van der Waals surface area contributed by atoms with Gasteiger partial charge in [-0.15, -0.1) is 0 Å². The smallest absolute Gasteiger partial charge is 0.244 e. The molecule has 0 saturated carbocycles. The third-order valence-corrected chi connectivity index (χ3v) is 7.99. The fourth-order valence-electron chi connectivity index (χ4n) is 4.03. The first kappa shape index (κ1) is 30.3. The second-order valence-corrected chi connectivity index (χ2v) is 12.2. The maximum atomic E-state index is 14.7. The van der Waals surface area contributed by atoms with Crippen LogP contribution in [-0.4, -0.2) is 50.0 Å². The summed E-state index contributed by atoms with van der Waals surface area (Å²) >= 11 is 3.41. The van der Waals surface area contributed by atoms with Crippen molar-refractivity contribution in [2.24, 2.45) is 0 Å². The number of amides is 2. The van der Waals surface area contributed by atoms with E-state index in [0.717, 1.165) is 32.2 Å². The van der Waals surface area contributed by atoms with Gasteiger partial charge < -0.3 is 10.2 Å². The van der Waals surface area contributed by atoms with Crippen molar-refractivity contribution in [1.29, 1.82) is 0 Å². The molecule has 0 fully saturated rings. The molecule has 3 rings (SSSR count). The van der Waals surface area contributed by atoms with Gasteiger partial charge in [0.2, 0.25) is 21.8 Å². The molecule has 0 unspecified atom stereocenters. The topological polar surface area (TPSA) is 86.8 Å². The Kier molecular flexibility index (Phi) is 10.7. The van der Waals surface area contributed by atoms with Gasteiger partial charge in [0.1, 0.15) is 18.4 Å². The van der Waals surface area contributed by atoms with E-state index in [1.54, 1.807) is 0 Å². The molecule has 2 amide bonds. The zero-order valence-electron chi connectivity index (χ0n) is 22.2. The standard InChI is InChI=1S/C29H33BrFN3O4S/c1-4-21(2)32-29(36)27(18-22-10-6-5-7-11-22)33(19-23-14-16-24(30)17-15-23)28(35)20-34(39(3,37)38)26-13-9-8-12-25(26)31/h5-17,21,27H,4,18-20H2,1-3H3,(H,32,36)/t21-,27-/m1/s1. The van der Waals surface area contributed by atoms with Crippen LogP contribution >= 0.6 is 15.9 Å². The number of hydrogen-bond donors (Lipinski definition) is 1. The Labute approximate surface area is 238 Å². The molecule has 2 atom stereocenters. The number of nitrogens with one attached hydrogen (secondary N) is 1. The molecule has 0 saturated heterocycles. The van der Waals surface area contributed by atoms with Gasteiger partial charge in [-0.25, -0.2) is 12.8 Å². The van der Waals surface area contributed by atoms with E-state index >= 15 is 0 Å². The summed E-state index contributed by atoms with van der Waals surface area (Å²) in [6.45, 7) is 3.20. The van der Waals surface area contributed by atoms with Crippen LogP contribution in [0.25, 0.3) is 0 Å². The predicted octanol–water partition coefficient (Wildman–Crippen LogP) is 4.91. The summed E-state index contributed by atoms with van der Waals surface area (Å²) in [4.78, 5) is 28.9. The van der Waals surface area contributed by atoms with Crippen molar-refractivity contribution in [3.8, 4) is 0 Å². The van der Waals surface area contributed by atoms with Crippen LogP contribution in [0.2, 0.25) is 0 Å². The Morgan fingerprint density at radius 2 is 1.56 bits per heavy atom. The molecule has 0 aliphatic rings. The van der Waals surface area contributed by atoms with Gasteiger partial charge in [0.25, 0.3) is 0 Å². The number of sulfonamides is 1. The van der Waals surface area contributed by atoms with Gasteiger partial charge in [-0.05, 0) is 48.7 Å². The van der Waals surface area contributed by atoms with E-state index in [1.807, 2.05) is 68.4 Å². The van der Waals surface area contributed by atoms with Crippen molar-refractivity contribution < 1.29 is 22.4 Å². The molecule has 0 aromatic heterocycles. The molecule has 0 radical (unpaired) electrons. The van der Waals surface area contributed by atoms with E-state index in [2.05, 4.69) is 21.2 Å². The van der Waals surface area contributed by atoms with Crippen LogP contribution in [0.15, 0.2) is 83.3 Å². The molecule has 0 spiro atoms. The zero-order chi connectivity index (χ0) is 28.6. The molecular weight excluding hydrogens is 585 g/mol. The summed E-state index contributed by atoms with van der Waals surface area (Å²) in [6.07, 6.45) is 1.83. The van der Waals surface area contributed by atoms with Gasteiger partial charge in [-0.1, -0.05) is 77.5 Å². The molecule has 39 heavy (non-hydrogen) atoms. The quantitative estimate of drug-likeness (QED) is 0.313. The highest BCUT2D eigenvalue weighted by atomic mass is 79.9. The summed E-state index contributed by atoms with van der Waals surface area (Å²) in [5.41, 5.74) is 1.35. The van der Waals surface area contributed by atoms with E-state index < -0.39 is 34.3 Å². The third kappa shape index (κ3) is 8.63. The van der Waals surface area contributed by atoms with Gasteiger partial charge >= 0.3 is 0 Å². The van der Waals surface area contributed by atoms with Crippen LogP contribution in [0.5, 0.6) is 0 Å². The molecule has 10 heteroatoms. The molecular formula is C29H33BrFN3O4S. The maximum absolute atomic E-state index is 14.7. The normalized spacial score (nSPS) is 12.8. The van der Waals surface area contributed by atoms with Gasteiger partial charge in [-0.3, -0.25) is 13.9 Å². The first-order valence-electron chi connectivity index (χ1n) is 12.6. The molecule has 0 aliphatic carbocycles. The van der Waals surface area contributed by atoms with Crippen molar-refractivity contribution in [3.63, 3.8) is 0 Å². The molecule has 0 heterocycles. The van der Waals surface area contributed by atoms with Crippen molar-refractivity contribution in [2.75, 3.05) is 17.1 Å². The second kappa shape index (κ2) is 13.7. The van der Waals surface area contributed by atoms with Crippen molar-refractivity contribution in [3.05, 3.63) is 100 Å². The van der Waals surface area contributed by atoms with Gasteiger partial charge in [0, 0.05) is 23.5 Å². The fourth-order valence-corrected chi connectivity index (χ4v) is 5.14. The highest BCUT2D eigenvalue weighted by Crippen LogP contribution is 2.23. The average molecular weight is 619 g/mol. The molecule has 3 aromatic carbocycles. The monoisotopic (exact) mass is 617 g/mol. The average Bonchev–Trinajstić information content (AvgIpc) is 2.90. The molecule has 7 nitrogen and oxygen atoms in total. The van der Waals surface area contributed by atoms with Crippen LogP contribution in [0.4, 0.5) is 10.1 Å². The summed E-state index contributed by atoms with van der Waals surface area (Å²) in [5, 5.41) is 2.97. The number of hydrogen-bond acceptors (Lipinski definition) is 4. The van der Waals surface area contributed by atoms with Crippen LogP contribution in [0, 0.1) is 5.82 Å². The number of carbonyl (C=O) groups is 2. The SMILES string of the molecule is CC[C@@H](C)NC(=O)[C@@H](Cc1ccccc1)N(Cc1ccc(Br)cc1)C(=O)CN(c1ccccc1F)S(C)(=O)=O. The van der Waals surface area contributed by atoms with Crippen molar-refractivity contribution in [1.82, 2.24) is 10.2 Å². The number of nitrogens with zero attached hydrogens (tertiary/aromatic N) is 2. The predicted molar refractivity (Wildman–Crippen MR) is 155 cm³/mol. The Balaban J connectivity index is 2.06. The lowest BCUT2D eigenvalue weighted by Gasteiger charge is -2.34. The van der Waals surface area contributed by atoms with Gasteiger partial charge in [0.15, 0.2) is 0 Å². The largest absolute Gasteiger partial charge is 0.352 e. The van der Waals surface area contributed by atoms with Gasteiger partial charge in [0.05, 0.1) is 11.9 Å². The third-order valence-electron chi connectivity index (χ3n) is 6.34. The van der Waals surface area contributed by atoms with E-state index in [1.165, 1.54) is 23.1 Å². The molecule has 1 N–H and O–H groups in total. The number of halogens is 2. The van der Waals surface area contributed by atoms with Crippen LogP contribution in [0.1, 0.15) is 31.4 Å². The number of benzene rings is 3. The lowest BCUT2D eigenvalue weighted by Crippen LogP contribution is -2.54. The Morgan fingerprint density at radius 3 is 2.15 bits per heavy atom. The minimum Gasteiger partial charge on any atom is -0.352 e. The molecule has 208 valence electrons. The molecule has 0 bridgehead atoms. The highest BCUT2D eigenvalue weighted by Gasteiger charge is 2.34. The first-order valence-corrected chi connectivity index (χ1v) is 15.2. The van der Waals surface area contributed by atoms with Crippen LogP contribution in [0.3, 0.4) is 0 Å². The summed E-state index contributed by atoms with van der Waals surface area (Å²) in [5.74, 6) is -1.76. The van der Waals surface area contributed by atoms with E-state index in [9.17, 15) is 22.4 Å². The van der Waals surface area contributed by atoms with E-state index in [4.69, 9.17) is 0 Å². The number of rotatable bonds is 12. The fraction of sp³-hybridized carbons (Fsp3) is 0.310. The lowest BCUT2D eigenvalue weighted by molar-refractivity contribution is -0.140. The lowest BCUT2D eigenvalue weighted by atomic mass is 10.0. The Morgan fingerprint density at radius 1 is 0.949 bits per heavy atom. The highest BCUT2D eigenvalue weighted by molar-refractivity contribution is 9.10. The van der Waals surface area contributed by atoms with Crippen molar-refractivity contribution >= 4 is 43.5 Å².